The fourth-order valence-corrected chi connectivity index (χ4v) is 2.24. The Kier molecular flexibility index (Phi) is 4.04. The smallest absolute Gasteiger partial charge is 0.124 e. The number of nitrogens with zero attached hydrogens (tertiary/aromatic N) is 1. The summed E-state index contributed by atoms with van der Waals surface area (Å²) in [6, 6.07) is 11.4. The van der Waals surface area contributed by atoms with Crippen LogP contribution in [0.15, 0.2) is 36.4 Å². The van der Waals surface area contributed by atoms with Crippen LogP contribution in [-0.4, -0.2) is 0 Å². The second kappa shape index (κ2) is 5.55. The van der Waals surface area contributed by atoms with Crippen LogP contribution in [0.5, 0.6) is 0 Å². The molecule has 0 aliphatic rings. The number of rotatable bonds is 2. The molecule has 0 spiro atoms. The van der Waals surface area contributed by atoms with E-state index in [4.69, 9.17) is 16.9 Å². The summed E-state index contributed by atoms with van der Waals surface area (Å²) in [6.07, 6.45) is 0. The van der Waals surface area contributed by atoms with Crippen molar-refractivity contribution in [3.05, 3.63) is 56.4 Å². The minimum absolute atomic E-state index is 0.295. The predicted molar refractivity (Wildman–Crippen MR) is 78.6 cm³/mol. The van der Waals surface area contributed by atoms with Gasteiger partial charge < -0.3 is 5.32 Å². The molecule has 2 aromatic carbocycles. The van der Waals surface area contributed by atoms with Crippen LogP contribution in [0, 0.1) is 20.7 Å². The van der Waals surface area contributed by atoms with Crippen LogP contribution in [0.25, 0.3) is 0 Å². The van der Waals surface area contributed by atoms with Crippen molar-refractivity contribution in [1.82, 2.24) is 0 Å². The number of benzene rings is 2. The first-order chi connectivity index (χ1) is 8.60. The van der Waals surface area contributed by atoms with Gasteiger partial charge in [0.25, 0.3) is 0 Å². The highest BCUT2D eigenvalue weighted by molar-refractivity contribution is 14.1. The van der Waals surface area contributed by atoms with Crippen LogP contribution in [0.2, 0.25) is 5.02 Å². The third-order valence-electron chi connectivity index (χ3n) is 2.30. The maximum absolute atomic E-state index is 13.0. The molecule has 0 fully saturated rings. The lowest BCUT2D eigenvalue weighted by Gasteiger charge is -2.10. The van der Waals surface area contributed by atoms with Gasteiger partial charge in [-0.1, -0.05) is 11.6 Å². The van der Waals surface area contributed by atoms with Crippen molar-refractivity contribution >= 4 is 45.6 Å². The summed E-state index contributed by atoms with van der Waals surface area (Å²) < 4.78 is 13.7. The third-order valence-corrected chi connectivity index (χ3v) is 3.43. The minimum atomic E-state index is -0.295. The molecule has 5 heteroatoms. The topological polar surface area (TPSA) is 35.8 Å². The molecule has 90 valence electrons. The lowest BCUT2D eigenvalue weighted by atomic mass is 10.2. The Hall–Kier alpha value is -1.32. The first-order valence-corrected chi connectivity index (χ1v) is 6.47. The van der Waals surface area contributed by atoms with Gasteiger partial charge in [-0.05, 0) is 59.0 Å². The Bertz CT molecular complexity index is 637. The molecule has 0 amide bonds. The maximum atomic E-state index is 13.0. The third kappa shape index (κ3) is 2.92. The second-order valence-electron chi connectivity index (χ2n) is 3.55. The summed E-state index contributed by atoms with van der Waals surface area (Å²) in [5.41, 5.74) is 1.82. The Morgan fingerprint density at radius 1 is 1.17 bits per heavy atom. The van der Waals surface area contributed by atoms with E-state index < -0.39 is 0 Å². The van der Waals surface area contributed by atoms with Crippen molar-refractivity contribution < 1.29 is 4.39 Å². The quantitative estimate of drug-likeness (QED) is 0.776. The van der Waals surface area contributed by atoms with Gasteiger partial charge in [0.2, 0.25) is 0 Å². The van der Waals surface area contributed by atoms with Gasteiger partial charge in [0.15, 0.2) is 0 Å². The highest BCUT2D eigenvalue weighted by atomic mass is 127. The fourth-order valence-electron chi connectivity index (χ4n) is 1.45. The van der Waals surface area contributed by atoms with E-state index in [1.54, 1.807) is 24.3 Å². The molecule has 1 N–H and O–H groups in total. The molecular weight excluding hydrogens is 366 g/mol. The molecule has 0 aromatic heterocycles. The highest BCUT2D eigenvalue weighted by Gasteiger charge is 2.06. The van der Waals surface area contributed by atoms with Crippen LogP contribution >= 0.6 is 34.2 Å². The van der Waals surface area contributed by atoms with E-state index in [9.17, 15) is 4.39 Å². The van der Waals surface area contributed by atoms with Gasteiger partial charge in [-0.15, -0.1) is 0 Å². The minimum Gasteiger partial charge on any atom is -0.354 e. The van der Waals surface area contributed by atoms with E-state index in [-0.39, 0.29) is 5.82 Å². The Balaban J connectivity index is 2.40. The number of halogens is 3. The molecule has 0 heterocycles. The molecule has 0 atom stereocenters. The van der Waals surface area contributed by atoms with E-state index in [0.29, 0.717) is 16.3 Å². The van der Waals surface area contributed by atoms with Gasteiger partial charge >= 0.3 is 0 Å². The molecule has 0 bridgehead atoms. The molecule has 0 aliphatic carbocycles. The lowest BCUT2D eigenvalue weighted by Crippen LogP contribution is -1.96. The highest BCUT2D eigenvalue weighted by Crippen LogP contribution is 2.27. The summed E-state index contributed by atoms with van der Waals surface area (Å²) in [4.78, 5) is 0. The largest absolute Gasteiger partial charge is 0.354 e. The normalized spacial score (nSPS) is 9.89. The van der Waals surface area contributed by atoms with E-state index in [2.05, 4.69) is 11.4 Å². The SMILES string of the molecule is N#Cc1ccc(Cl)cc1Nc1ccc(F)cc1I. The van der Waals surface area contributed by atoms with Gasteiger partial charge in [-0.2, -0.15) is 5.26 Å². The van der Waals surface area contributed by atoms with Crippen LogP contribution in [0.4, 0.5) is 15.8 Å². The molecule has 0 aliphatic heterocycles. The number of nitrogens with one attached hydrogen (secondary N) is 1. The van der Waals surface area contributed by atoms with Crippen LogP contribution in [0.1, 0.15) is 5.56 Å². The molecule has 2 aromatic rings. The van der Waals surface area contributed by atoms with Gasteiger partial charge in [-0.3, -0.25) is 0 Å². The Labute approximate surface area is 123 Å². The summed E-state index contributed by atoms with van der Waals surface area (Å²) in [6.45, 7) is 0. The molecule has 2 nitrogen and oxygen atoms in total. The molecule has 0 saturated heterocycles. The zero-order valence-corrected chi connectivity index (χ0v) is 12.0. The average molecular weight is 373 g/mol. The number of hydrogen-bond donors (Lipinski definition) is 1. The summed E-state index contributed by atoms with van der Waals surface area (Å²) in [5, 5.41) is 12.6. The molecule has 2 rings (SSSR count). The zero-order chi connectivity index (χ0) is 13.1. The van der Waals surface area contributed by atoms with Crippen molar-refractivity contribution in [2.75, 3.05) is 5.32 Å². The molecule has 0 radical (unpaired) electrons. The summed E-state index contributed by atoms with van der Waals surface area (Å²) >= 11 is 7.92. The van der Waals surface area contributed by atoms with Crippen LogP contribution < -0.4 is 5.32 Å². The molecule has 0 saturated carbocycles. The molecular formula is C13H7ClFIN2. The van der Waals surface area contributed by atoms with Crippen LogP contribution in [0.3, 0.4) is 0 Å². The number of nitriles is 1. The second-order valence-corrected chi connectivity index (χ2v) is 5.15. The first kappa shape index (κ1) is 13.1. The van der Waals surface area contributed by atoms with E-state index in [1.807, 2.05) is 22.6 Å². The first-order valence-electron chi connectivity index (χ1n) is 5.02. The van der Waals surface area contributed by atoms with E-state index in [1.165, 1.54) is 12.1 Å². The van der Waals surface area contributed by atoms with Gasteiger partial charge in [0, 0.05) is 8.59 Å². The summed E-state index contributed by atoms with van der Waals surface area (Å²) in [5.74, 6) is -0.295. The monoisotopic (exact) mass is 372 g/mol. The maximum Gasteiger partial charge on any atom is 0.124 e. The fraction of sp³-hybridized carbons (Fsp3) is 0. The van der Waals surface area contributed by atoms with Gasteiger partial charge in [0.1, 0.15) is 11.9 Å². The van der Waals surface area contributed by atoms with E-state index >= 15 is 0 Å². The Morgan fingerprint density at radius 2 is 1.94 bits per heavy atom. The predicted octanol–water partition coefficient (Wildman–Crippen LogP) is 4.70. The number of anilines is 2. The van der Waals surface area contributed by atoms with E-state index in [0.717, 1.165) is 9.26 Å². The molecule has 18 heavy (non-hydrogen) atoms. The average Bonchev–Trinajstić information content (AvgIpc) is 2.33. The van der Waals surface area contributed by atoms with Crippen molar-refractivity contribution in [3.63, 3.8) is 0 Å². The lowest BCUT2D eigenvalue weighted by molar-refractivity contribution is 0.627. The standard InChI is InChI=1S/C13H7ClFIN2/c14-9-2-1-8(7-17)13(5-9)18-12-4-3-10(15)6-11(12)16/h1-6,18H. The molecule has 0 unspecified atom stereocenters. The number of hydrogen-bond acceptors (Lipinski definition) is 2. The van der Waals surface area contributed by atoms with Crippen molar-refractivity contribution in [3.8, 4) is 6.07 Å². The van der Waals surface area contributed by atoms with Crippen LogP contribution in [-0.2, 0) is 0 Å². The van der Waals surface area contributed by atoms with Crippen molar-refractivity contribution in [2.24, 2.45) is 0 Å². The summed E-state index contributed by atoms with van der Waals surface area (Å²) in [7, 11) is 0. The van der Waals surface area contributed by atoms with Crippen molar-refractivity contribution in [2.45, 2.75) is 0 Å². The van der Waals surface area contributed by atoms with Gasteiger partial charge in [0.05, 0.1) is 16.9 Å². The zero-order valence-electron chi connectivity index (χ0n) is 9.05. The van der Waals surface area contributed by atoms with Crippen molar-refractivity contribution in [1.29, 1.82) is 5.26 Å². The van der Waals surface area contributed by atoms with Gasteiger partial charge in [-0.25, -0.2) is 4.39 Å². The Morgan fingerprint density at radius 3 is 2.61 bits per heavy atom.